The van der Waals surface area contributed by atoms with E-state index in [2.05, 4.69) is 26.0 Å². The maximum atomic E-state index is 11.3. The van der Waals surface area contributed by atoms with Crippen LogP contribution in [0.25, 0.3) is 0 Å². The molecular formula is C10H9BrClNO4. The number of amides is 1. The number of nitrogens with one attached hydrogen (secondary N) is 1. The lowest BCUT2D eigenvalue weighted by molar-refractivity contribution is -0.113. The minimum Gasteiger partial charge on any atom is -0.505 e. The molecule has 0 aromatic heterocycles. The van der Waals surface area contributed by atoms with Crippen molar-refractivity contribution >= 4 is 45.1 Å². The zero-order valence-electron chi connectivity index (χ0n) is 8.79. The normalized spacial score (nSPS) is 9.82. The number of hydrogen-bond donors (Lipinski definition) is 2. The molecule has 1 aromatic carbocycles. The Morgan fingerprint density at radius 3 is 2.71 bits per heavy atom. The van der Waals surface area contributed by atoms with Gasteiger partial charge in [0.25, 0.3) is 0 Å². The van der Waals surface area contributed by atoms with E-state index in [4.69, 9.17) is 11.6 Å². The molecule has 7 heteroatoms. The van der Waals surface area contributed by atoms with Gasteiger partial charge < -0.3 is 15.2 Å². The summed E-state index contributed by atoms with van der Waals surface area (Å²) >= 11 is 8.39. The first-order chi connectivity index (χ1) is 7.99. The average Bonchev–Trinajstić information content (AvgIpc) is 2.33. The summed E-state index contributed by atoms with van der Waals surface area (Å²) in [6.07, 6.45) is 0. The lowest BCUT2D eigenvalue weighted by Gasteiger charge is -2.09. The maximum absolute atomic E-state index is 11.3. The third kappa shape index (κ3) is 3.34. The smallest absolute Gasteiger partial charge is 0.337 e. The summed E-state index contributed by atoms with van der Waals surface area (Å²) in [7, 11) is 1.24. The van der Waals surface area contributed by atoms with Gasteiger partial charge in [-0.15, -0.1) is 11.6 Å². The fraction of sp³-hybridized carbons (Fsp3) is 0.200. The number of ether oxygens (including phenoxy) is 1. The van der Waals surface area contributed by atoms with Crippen LogP contribution in [0.15, 0.2) is 16.6 Å². The number of methoxy groups -OCH3 is 1. The molecule has 1 amide bonds. The molecule has 0 unspecified atom stereocenters. The number of rotatable bonds is 3. The molecule has 0 aliphatic heterocycles. The maximum Gasteiger partial charge on any atom is 0.337 e. The van der Waals surface area contributed by atoms with Gasteiger partial charge in [0, 0.05) is 0 Å². The first-order valence-electron chi connectivity index (χ1n) is 4.46. The van der Waals surface area contributed by atoms with E-state index in [-0.39, 0.29) is 27.4 Å². The number of halogens is 2. The molecule has 5 nitrogen and oxygen atoms in total. The van der Waals surface area contributed by atoms with Crippen molar-refractivity contribution in [2.24, 2.45) is 0 Å². The second-order valence-electron chi connectivity index (χ2n) is 3.03. The van der Waals surface area contributed by atoms with Crippen molar-refractivity contribution in [3.05, 3.63) is 22.2 Å². The predicted molar refractivity (Wildman–Crippen MR) is 66.5 cm³/mol. The van der Waals surface area contributed by atoms with Gasteiger partial charge in [0.2, 0.25) is 5.91 Å². The van der Waals surface area contributed by atoms with Crippen molar-refractivity contribution in [3.8, 4) is 5.75 Å². The molecule has 92 valence electrons. The highest BCUT2D eigenvalue weighted by molar-refractivity contribution is 9.10. The lowest BCUT2D eigenvalue weighted by Crippen LogP contribution is -2.13. The molecule has 0 bridgehead atoms. The Morgan fingerprint density at radius 2 is 2.18 bits per heavy atom. The van der Waals surface area contributed by atoms with Crippen LogP contribution in [0.3, 0.4) is 0 Å². The molecule has 2 N–H and O–H groups in total. The summed E-state index contributed by atoms with van der Waals surface area (Å²) in [5, 5.41) is 12.0. The molecule has 0 atom stereocenters. The molecule has 0 heterocycles. The number of carbonyl (C=O) groups is 2. The van der Waals surface area contributed by atoms with E-state index in [0.29, 0.717) is 0 Å². The highest BCUT2D eigenvalue weighted by atomic mass is 79.9. The van der Waals surface area contributed by atoms with E-state index in [9.17, 15) is 14.7 Å². The number of benzene rings is 1. The topological polar surface area (TPSA) is 75.6 Å². The molecule has 0 radical (unpaired) electrons. The number of anilines is 1. The van der Waals surface area contributed by atoms with E-state index >= 15 is 0 Å². The fourth-order valence-corrected chi connectivity index (χ4v) is 1.64. The molecule has 0 aliphatic rings. The minimum atomic E-state index is -0.577. The second-order valence-corrected chi connectivity index (χ2v) is 4.15. The van der Waals surface area contributed by atoms with Crippen LogP contribution in [-0.4, -0.2) is 30.0 Å². The first-order valence-corrected chi connectivity index (χ1v) is 5.79. The van der Waals surface area contributed by atoms with Crippen molar-refractivity contribution < 1.29 is 19.4 Å². The van der Waals surface area contributed by atoms with Crippen LogP contribution >= 0.6 is 27.5 Å². The number of aromatic hydroxyl groups is 1. The van der Waals surface area contributed by atoms with Crippen LogP contribution < -0.4 is 5.32 Å². The Labute approximate surface area is 111 Å². The first kappa shape index (κ1) is 13.8. The number of esters is 1. The van der Waals surface area contributed by atoms with Crippen LogP contribution in [0.1, 0.15) is 10.4 Å². The molecular weight excluding hydrogens is 313 g/mol. The van der Waals surface area contributed by atoms with Crippen molar-refractivity contribution in [1.29, 1.82) is 0 Å². The van der Waals surface area contributed by atoms with Gasteiger partial charge in [0.15, 0.2) is 5.75 Å². The van der Waals surface area contributed by atoms with E-state index in [1.807, 2.05) is 0 Å². The summed E-state index contributed by atoms with van der Waals surface area (Å²) in [5.74, 6) is -1.50. The number of carbonyl (C=O) groups excluding carboxylic acids is 2. The van der Waals surface area contributed by atoms with Crippen molar-refractivity contribution in [1.82, 2.24) is 0 Å². The Balaban J connectivity index is 3.15. The molecule has 1 aromatic rings. The predicted octanol–water partition coefficient (Wildman–Crippen LogP) is 2.12. The fourth-order valence-electron chi connectivity index (χ4n) is 1.11. The Bertz CT molecular complexity index is 464. The number of alkyl halides is 1. The Kier molecular flexibility index (Phi) is 4.77. The number of hydrogen-bond acceptors (Lipinski definition) is 4. The van der Waals surface area contributed by atoms with Gasteiger partial charge in [-0.1, -0.05) is 0 Å². The van der Waals surface area contributed by atoms with Gasteiger partial charge >= 0.3 is 5.97 Å². The van der Waals surface area contributed by atoms with Crippen LogP contribution in [0.2, 0.25) is 0 Å². The van der Waals surface area contributed by atoms with Gasteiger partial charge in [-0.2, -0.15) is 0 Å². The highest BCUT2D eigenvalue weighted by Crippen LogP contribution is 2.33. The quantitative estimate of drug-likeness (QED) is 0.508. The average molecular weight is 323 g/mol. The van der Waals surface area contributed by atoms with E-state index in [1.165, 1.54) is 19.2 Å². The summed E-state index contributed by atoms with van der Waals surface area (Å²) in [6.45, 7) is 0. The summed E-state index contributed by atoms with van der Waals surface area (Å²) in [6, 6.07) is 2.69. The van der Waals surface area contributed by atoms with Crippen molar-refractivity contribution in [2.45, 2.75) is 0 Å². The molecule has 0 fully saturated rings. The largest absolute Gasteiger partial charge is 0.505 e. The molecule has 0 saturated heterocycles. The molecule has 0 spiro atoms. The van der Waals surface area contributed by atoms with Crippen molar-refractivity contribution in [2.75, 3.05) is 18.3 Å². The standard InChI is InChI=1S/C10H9BrClNO4/c1-17-10(16)5-2-6(11)9(15)7(3-5)13-8(14)4-12/h2-3,15H,4H2,1H3,(H,13,14). The van der Waals surface area contributed by atoms with Gasteiger partial charge in [0.05, 0.1) is 22.8 Å². The molecule has 0 aliphatic carbocycles. The summed E-state index contributed by atoms with van der Waals surface area (Å²) < 4.78 is 4.81. The van der Waals surface area contributed by atoms with E-state index in [1.54, 1.807) is 0 Å². The molecule has 0 saturated carbocycles. The van der Waals surface area contributed by atoms with Gasteiger partial charge in [-0.25, -0.2) is 4.79 Å². The van der Waals surface area contributed by atoms with Crippen molar-refractivity contribution in [3.63, 3.8) is 0 Å². The highest BCUT2D eigenvalue weighted by Gasteiger charge is 2.14. The van der Waals surface area contributed by atoms with Crippen LogP contribution in [0.5, 0.6) is 5.75 Å². The molecule has 1 rings (SSSR count). The zero-order valence-corrected chi connectivity index (χ0v) is 11.1. The second kappa shape index (κ2) is 5.88. The van der Waals surface area contributed by atoms with Gasteiger partial charge in [-0.05, 0) is 28.1 Å². The van der Waals surface area contributed by atoms with Crippen LogP contribution in [0.4, 0.5) is 5.69 Å². The van der Waals surface area contributed by atoms with E-state index < -0.39 is 11.9 Å². The SMILES string of the molecule is COC(=O)c1cc(Br)c(O)c(NC(=O)CCl)c1. The Morgan fingerprint density at radius 1 is 1.53 bits per heavy atom. The van der Waals surface area contributed by atoms with Gasteiger partial charge in [0.1, 0.15) is 5.88 Å². The lowest BCUT2D eigenvalue weighted by atomic mass is 10.2. The van der Waals surface area contributed by atoms with Crippen LogP contribution in [0, 0.1) is 0 Å². The Hall–Kier alpha value is -1.27. The summed E-state index contributed by atoms with van der Waals surface area (Å²) in [5.41, 5.74) is 0.285. The number of phenolic OH excluding ortho intramolecular Hbond substituents is 1. The minimum absolute atomic E-state index is 0.0884. The third-order valence-corrected chi connectivity index (χ3v) is 2.73. The summed E-state index contributed by atoms with van der Waals surface area (Å²) in [4.78, 5) is 22.4. The van der Waals surface area contributed by atoms with Gasteiger partial charge in [-0.3, -0.25) is 4.79 Å². The number of phenols is 1. The van der Waals surface area contributed by atoms with Crippen LogP contribution in [-0.2, 0) is 9.53 Å². The zero-order chi connectivity index (χ0) is 13.0. The molecule has 17 heavy (non-hydrogen) atoms. The third-order valence-electron chi connectivity index (χ3n) is 1.88. The monoisotopic (exact) mass is 321 g/mol. The van der Waals surface area contributed by atoms with E-state index in [0.717, 1.165) is 0 Å².